The summed E-state index contributed by atoms with van der Waals surface area (Å²) >= 11 is 9.86. The third-order valence-electron chi connectivity index (χ3n) is 4.27. The standard InChI is InChI=1S/C21H15ClIN3OS/c1-13-10-14(22)11-18-19(13)25-21(28-18)26(12-15-6-4-5-9-24-15)20(27)16-7-2-3-8-17(16)23/h2-11H,12H2,1H3. The van der Waals surface area contributed by atoms with E-state index in [-0.39, 0.29) is 5.91 Å². The fraction of sp³-hybridized carbons (Fsp3) is 0.0952. The summed E-state index contributed by atoms with van der Waals surface area (Å²) in [7, 11) is 0. The van der Waals surface area contributed by atoms with Crippen LogP contribution in [-0.2, 0) is 6.54 Å². The zero-order valence-electron chi connectivity index (χ0n) is 14.9. The SMILES string of the molecule is Cc1cc(Cl)cc2sc(N(Cc3ccccn3)C(=O)c3ccccc3I)nc12. The average Bonchev–Trinajstić information content (AvgIpc) is 3.11. The lowest BCUT2D eigenvalue weighted by atomic mass is 10.2. The van der Waals surface area contributed by atoms with Crippen LogP contribution in [0.2, 0.25) is 5.02 Å². The number of anilines is 1. The molecule has 4 rings (SSSR count). The van der Waals surface area contributed by atoms with Crippen LogP contribution in [0.4, 0.5) is 5.13 Å². The summed E-state index contributed by atoms with van der Waals surface area (Å²) in [4.78, 5) is 24.3. The van der Waals surface area contributed by atoms with Crippen LogP contribution in [0.1, 0.15) is 21.6 Å². The molecule has 28 heavy (non-hydrogen) atoms. The first kappa shape index (κ1) is 19.3. The first-order valence-corrected chi connectivity index (χ1v) is 10.8. The van der Waals surface area contributed by atoms with Crippen molar-refractivity contribution < 1.29 is 4.79 Å². The van der Waals surface area contributed by atoms with Crippen LogP contribution in [0.15, 0.2) is 60.8 Å². The number of amides is 1. The summed E-state index contributed by atoms with van der Waals surface area (Å²) < 4.78 is 1.86. The van der Waals surface area contributed by atoms with E-state index in [4.69, 9.17) is 16.6 Å². The normalized spacial score (nSPS) is 11.0. The highest BCUT2D eigenvalue weighted by molar-refractivity contribution is 14.1. The molecule has 7 heteroatoms. The zero-order valence-corrected chi connectivity index (χ0v) is 18.6. The Hall–Kier alpha value is -2.03. The molecule has 0 saturated carbocycles. The van der Waals surface area contributed by atoms with Crippen molar-refractivity contribution in [3.8, 4) is 0 Å². The van der Waals surface area contributed by atoms with Crippen molar-refractivity contribution in [1.82, 2.24) is 9.97 Å². The van der Waals surface area contributed by atoms with Crippen LogP contribution in [0.25, 0.3) is 10.2 Å². The Balaban J connectivity index is 1.82. The topological polar surface area (TPSA) is 46.1 Å². The molecule has 2 aromatic heterocycles. The van der Waals surface area contributed by atoms with Crippen molar-refractivity contribution in [2.45, 2.75) is 13.5 Å². The van der Waals surface area contributed by atoms with Gasteiger partial charge in [0.1, 0.15) is 0 Å². The summed E-state index contributed by atoms with van der Waals surface area (Å²) in [6.07, 6.45) is 1.73. The zero-order chi connectivity index (χ0) is 19.7. The van der Waals surface area contributed by atoms with Gasteiger partial charge in [0, 0.05) is 14.8 Å². The minimum atomic E-state index is -0.0986. The molecule has 0 spiro atoms. The van der Waals surface area contributed by atoms with E-state index in [1.807, 2.05) is 61.5 Å². The molecule has 140 valence electrons. The molecule has 0 N–H and O–H groups in total. The molecule has 0 saturated heterocycles. The Morgan fingerprint density at radius 2 is 1.96 bits per heavy atom. The van der Waals surface area contributed by atoms with Crippen LogP contribution >= 0.6 is 45.5 Å². The van der Waals surface area contributed by atoms with Crippen molar-refractivity contribution >= 4 is 66.8 Å². The number of hydrogen-bond donors (Lipinski definition) is 0. The minimum absolute atomic E-state index is 0.0986. The van der Waals surface area contributed by atoms with E-state index < -0.39 is 0 Å². The maximum Gasteiger partial charge on any atom is 0.261 e. The van der Waals surface area contributed by atoms with Gasteiger partial charge in [0.05, 0.1) is 28.0 Å². The van der Waals surface area contributed by atoms with Gasteiger partial charge in [-0.25, -0.2) is 4.98 Å². The molecule has 0 unspecified atom stereocenters. The van der Waals surface area contributed by atoms with Crippen LogP contribution < -0.4 is 4.90 Å². The third-order valence-corrected chi connectivity index (χ3v) is 6.45. The van der Waals surface area contributed by atoms with E-state index in [1.54, 1.807) is 11.1 Å². The molecule has 0 radical (unpaired) electrons. The van der Waals surface area contributed by atoms with Crippen molar-refractivity contribution in [2.75, 3.05) is 4.90 Å². The summed E-state index contributed by atoms with van der Waals surface area (Å²) in [6, 6.07) is 17.0. The molecular weight excluding hydrogens is 505 g/mol. The molecule has 0 aliphatic rings. The number of carbonyl (C=O) groups excluding carboxylic acids is 1. The molecule has 0 atom stereocenters. The predicted octanol–water partition coefficient (Wildman–Crippen LogP) is 6.10. The molecule has 0 bridgehead atoms. The monoisotopic (exact) mass is 519 g/mol. The van der Waals surface area contributed by atoms with E-state index in [9.17, 15) is 4.79 Å². The first-order chi connectivity index (χ1) is 13.5. The number of aromatic nitrogens is 2. The Morgan fingerprint density at radius 1 is 1.18 bits per heavy atom. The molecule has 2 heterocycles. The third kappa shape index (κ3) is 3.90. The smallest absolute Gasteiger partial charge is 0.261 e. The predicted molar refractivity (Wildman–Crippen MR) is 123 cm³/mol. The Labute approximate surface area is 185 Å². The van der Waals surface area contributed by atoms with Gasteiger partial charge in [0.25, 0.3) is 5.91 Å². The van der Waals surface area contributed by atoms with E-state index in [1.165, 1.54) is 11.3 Å². The van der Waals surface area contributed by atoms with E-state index in [2.05, 4.69) is 27.6 Å². The lowest BCUT2D eigenvalue weighted by Crippen LogP contribution is -2.31. The number of thiazole rings is 1. The number of nitrogens with zero attached hydrogens (tertiary/aromatic N) is 3. The second kappa shape index (κ2) is 8.14. The van der Waals surface area contributed by atoms with Gasteiger partial charge in [-0.15, -0.1) is 0 Å². The average molecular weight is 520 g/mol. The Morgan fingerprint density at radius 3 is 2.71 bits per heavy atom. The van der Waals surface area contributed by atoms with Crippen LogP contribution in [-0.4, -0.2) is 15.9 Å². The van der Waals surface area contributed by atoms with Gasteiger partial charge in [0.15, 0.2) is 5.13 Å². The number of rotatable bonds is 4. The summed E-state index contributed by atoms with van der Waals surface area (Å²) in [5, 5.41) is 1.30. The highest BCUT2D eigenvalue weighted by Gasteiger charge is 2.24. The maximum absolute atomic E-state index is 13.4. The number of fused-ring (bicyclic) bond motifs is 1. The van der Waals surface area contributed by atoms with Crippen molar-refractivity contribution in [3.63, 3.8) is 0 Å². The highest BCUT2D eigenvalue weighted by Crippen LogP contribution is 2.34. The van der Waals surface area contributed by atoms with Gasteiger partial charge in [0.2, 0.25) is 0 Å². The van der Waals surface area contributed by atoms with Gasteiger partial charge in [-0.3, -0.25) is 14.7 Å². The molecular formula is C21H15ClIN3OS. The lowest BCUT2D eigenvalue weighted by molar-refractivity contribution is 0.0984. The highest BCUT2D eigenvalue weighted by atomic mass is 127. The Bertz CT molecular complexity index is 1160. The second-order valence-corrected chi connectivity index (χ2v) is 8.87. The van der Waals surface area contributed by atoms with Gasteiger partial charge in [-0.1, -0.05) is 41.1 Å². The molecule has 2 aromatic carbocycles. The number of halogens is 2. The van der Waals surface area contributed by atoms with Gasteiger partial charge in [-0.05, 0) is 71.5 Å². The van der Waals surface area contributed by atoms with Crippen molar-refractivity contribution in [1.29, 1.82) is 0 Å². The molecule has 4 nitrogen and oxygen atoms in total. The summed E-state index contributed by atoms with van der Waals surface area (Å²) in [5.41, 5.74) is 3.30. The lowest BCUT2D eigenvalue weighted by Gasteiger charge is -2.20. The van der Waals surface area contributed by atoms with Gasteiger partial charge < -0.3 is 0 Å². The Kier molecular flexibility index (Phi) is 5.61. The van der Waals surface area contributed by atoms with Crippen molar-refractivity contribution in [3.05, 3.63) is 86.2 Å². The summed E-state index contributed by atoms with van der Waals surface area (Å²) in [6.45, 7) is 2.32. The van der Waals surface area contributed by atoms with Crippen LogP contribution in [0, 0.1) is 10.5 Å². The van der Waals surface area contributed by atoms with Gasteiger partial charge in [-0.2, -0.15) is 0 Å². The number of carbonyl (C=O) groups is 1. The number of hydrogen-bond acceptors (Lipinski definition) is 4. The number of benzene rings is 2. The van der Waals surface area contributed by atoms with E-state index in [0.717, 1.165) is 25.0 Å². The van der Waals surface area contributed by atoms with Crippen LogP contribution in [0.5, 0.6) is 0 Å². The fourth-order valence-electron chi connectivity index (χ4n) is 2.92. The number of pyridine rings is 1. The molecule has 0 aliphatic carbocycles. The molecule has 1 amide bonds. The second-order valence-electron chi connectivity index (χ2n) is 6.26. The van der Waals surface area contributed by atoms with Crippen LogP contribution in [0.3, 0.4) is 0 Å². The molecule has 0 aliphatic heterocycles. The number of aryl methyl sites for hydroxylation is 1. The minimum Gasteiger partial charge on any atom is -0.278 e. The van der Waals surface area contributed by atoms with Crippen molar-refractivity contribution in [2.24, 2.45) is 0 Å². The largest absolute Gasteiger partial charge is 0.278 e. The summed E-state index contributed by atoms with van der Waals surface area (Å²) in [5.74, 6) is -0.0986. The van der Waals surface area contributed by atoms with E-state index >= 15 is 0 Å². The van der Waals surface area contributed by atoms with E-state index in [0.29, 0.717) is 22.3 Å². The quantitative estimate of drug-likeness (QED) is 0.306. The maximum atomic E-state index is 13.4. The molecule has 0 fully saturated rings. The molecule has 4 aromatic rings. The fourth-order valence-corrected chi connectivity index (χ4v) is 4.95. The van der Waals surface area contributed by atoms with Gasteiger partial charge >= 0.3 is 0 Å². The first-order valence-electron chi connectivity index (χ1n) is 8.56.